The van der Waals surface area contributed by atoms with Gasteiger partial charge >= 0.3 is 0 Å². The first-order chi connectivity index (χ1) is 13.0. The van der Waals surface area contributed by atoms with Gasteiger partial charge in [-0.1, -0.05) is 41.6 Å². The van der Waals surface area contributed by atoms with Crippen molar-refractivity contribution in [2.75, 3.05) is 10.7 Å². The third-order valence-electron chi connectivity index (χ3n) is 4.42. The summed E-state index contributed by atoms with van der Waals surface area (Å²) in [6.45, 7) is 1.93. The van der Waals surface area contributed by atoms with Crippen molar-refractivity contribution in [3.63, 3.8) is 0 Å². The van der Waals surface area contributed by atoms with Crippen molar-refractivity contribution in [2.45, 2.75) is 23.8 Å². The van der Waals surface area contributed by atoms with Crippen LogP contribution in [0, 0.1) is 6.92 Å². The highest BCUT2D eigenvalue weighted by Crippen LogP contribution is 2.33. The third kappa shape index (κ3) is 2.97. The zero-order valence-electron chi connectivity index (χ0n) is 14.5. The molecule has 2 heterocycles. The average Bonchev–Trinajstić information content (AvgIpc) is 2.94. The number of carbonyl (C=O) groups is 2. The van der Waals surface area contributed by atoms with Crippen LogP contribution < -0.4 is 16.3 Å². The summed E-state index contributed by atoms with van der Waals surface area (Å²) >= 11 is 1.04. The number of benzene rings is 2. The Morgan fingerprint density at radius 3 is 2.52 bits per heavy atom. The van der Waals surface area contributed by atoms with Gasteiger partial charge < -0.3 is 5.84 Å². The maximum Gasteiger partial charge on any atom is 0.280 e. The van der Waals surface area contributed by atoms with Gasteiger partial charge in [-0.05, 0) is 31.2 Å². The van der Waals surface area contributed by atoms with Gasteiger partial charge in [0.25, 0.3) is 5.56 Å². The number of para-hydroxylation sites is 1. The molecule has 0 unspecified atom stereocenters. The topological polar surface area (TPSA) is 98.3 Å². The Hall–Kier alpha value is -3.13. The number of imide groups is 1. The Balaban J connectivity index is 1.66. The molecule has 2 aromatic carbocycles. The normalized spacial score (nSPS) is 17.1. The van der Waals surface area contributed by atoms with Crippen LogP contribution in [0.1, 0.15) is 12.0 Å². The van der Waals surface area contributed by atoms with E-state index in [1.807, 2.05) is 19.1 Å². The van der Waals surface area contributed by atoms with Crippen LogP contribution in [0.5, 0.6) is 0 Å². The molecular formula is C19H16N4O3S. The van der Waals surface area contributed by atoms with Gasteiger partial charge in [0.05, 0.1) is 16.6 Å². The number of hydrogen-bond acceptors (Lipinski definition) is 6. The van der Waals surface area contributed by atoms with Crippen LogP contribution in [-0.4, -0.2) is 26.7 Å². The molecule has 0 spiro atoms. The first kappa shape index (κ1) is 17.3. The molecule has 1 fully saturated rings. The van der Waals surface area contributed by atoms with Crippen LogP contribution in [0.25, 0.3) is 10.9 Å². The van der Waals surface area contributed by atoms with Crippen molar-refractivity contribution in [3.05, 3.63) is 64.4 Å². The molecule has 1 atom stereocenters. The fourth-order valence-corrected chi connectivity index (χ4v) is 4.03. The summed E-state index contributed by atoms with van der Waals surface area (Å²) in [5.74, 6) is 5.26. The quantitative estimate of drug-likeness (QED) is 0.423. The lowest BCUT2D eigenvalue weighted by Crippen LogP contribution is -2.33. The lowest BCUT2D eigenvalue weighted by atomic mass is 10.2. The summed E-state index contributed by atoms with van der Waals surface area (Å²) in [5.41, 5.74) is 1.68. The number of thioether (sulfide) groups is 1. The highest BCUT2D eigenvalue weighted by molar-refractivity contribution is 8.00. The van der Waals surface area contributed by atoms with Crippen LogP contribution in [-0.2, 0) is 9.59 Å². The van der Waals surface area contributed by atoms with Gasteiger partial charge in [-0.3, -0.25) is 14.4 Å². The van der Waals surface area contributed by atoms with Crippen LogP contribution in [0.4, 0.5) is 5.69 Å². The maximum absolute atomic E-state index is 12.8. The fourth-order valence-electron chi connectivity index (χ4n) is 3.00. The number of amides is 2. The Bertz CT molecular complexity index is 1120. The van der Waals surface area contributed by atoms with E-state index in [4.69, 9.17) is 5.84 Å². The maximum atomic E-state index is 12.8. The number of nitrogens with two attached hydrogens (primary N) is 1. The highest BCUT2D eigenvalue weighted by atomic mass is 32.2. The molecule has 1 aliphatic rings. The molecule has 8 heteroatoms. The Morgan fingerprint density at radius 1 is 1.07 bits per heavy atom. The molecule has 2 N–H and O–H groups in total. The summed E-state index contributed by atoms with van der Waals surface area (Å²) in [4.78, 5) is 43.2. The summed E-state index contributed by atoms with van der Waals surface area (Å²) in [5, 5.41) is -0.0725. The van der Waals surface area contributed by atoms with Gasteiger partial charge in [0.15, 0.2) is 5.16 Å². The average molecular weight is 380 g/mol. The summed E-state index contributed by atoms with van der Waals surface area (Å²) in [7, 11) is 0. The minimum absolute atomic E-state index is 0.0279. The second-order valence-electron chi connectivity index (χ2n) is 6.30. The molecule has 0 bridgehead atoms. The lowest BCUT2D eigenvalue weighted by Gasteiger charge is -2.15. The monoisotopic (exact) mass is 380 g/mol. The molecule has 2 amide bonds. The van der Waals surface area contributed by atoms with Crippen LogP contribution in [0.2, 0.25) is 0 Å². The van der Waals surface area contributed by atoms with Crippen molar-refractivity contribution < 1.29 is 9.59 Å². The number of nitrogen functional groups attached to an aromatic ring is 1. The molecular weight excluding hydrogens is 364 g/mol. The van der Waals surface area contributed by atoms with Crippen LogP contribution in [0.3, 0.4) is 0 Å². The second-order valence-corrected chi connectivity index (χ2v) is 7.47. The molecule has 0 radical (unpaired) electrons. The zero-order chi connectivity index (χ0) is 19.1. The van der Waals surface area contributed by atoms with Crippen molar-refractivity contribution in [3.8, 4) is 0 Å². The molecule has 0 saturated carbocycles. The number of aromatic nitrogens is 2. The van der Waals surface area contributed by atoms with E-state index in [0.717, 1.165) is 22.0 Å². The second kappa shape index (κ2) is 6.55. The number of hydrogen-bond donors (Lipinski definition) is 1. The molecule has 7 nitrogen and oxygen atoms in total. The number of rotatable bonds is 3. The van der Waals surface area contributed by atoms with Gasteiger partial charge in [-0.2, -0.15) is 0 Å². The van der Waals surface area contributed by atoms with Gasteiger partial charge in [0.2, 0.25) is 11.8 Å². The van der Waals surface area contributed by atoms with E-state index in [0.29, 0.717) is 16.6 Å². The zero-order valence-corrected chi connectivity index (χ0v) is 15.3. The highest BCUT2D eigenvalue weighted by Gasteiger charge is 2.40. The predicted octanol–water partition coefficient (Wildman–Crippen LogP) is 1.84. The van der Waals surface area contributed by atoms with E-state index >= 15 is 0 Å². The largest absolute Gasteiger partial charge is 0.334 e. The molecule has 0 aliphatic carbocycles. The van der Waals surface area contributed by atoms with E-state index in [2.05, 4.69) is 4.98 Å². The molecule has 1 aromatic heterocycles. The minimum Gasteiger partial charge on any atom is -0.334 e. The van der Waals surface area contributed by atoms with Gasteiger partial charge in [0, 0.05) is 6.42 Å². The van der Waals surface area contributed by atoms with E-state index < -0.39 is 10.8 Å². The first-order valence-electron chi connectivity index (χ1n) is 8.32. The number of nitrogens with zero attached hydrogens (tertiary/aromatic N) is 3. The number of fused-ring (bicyclic) bond motifs is 1. The standard InChI is InChI=1S/C19H16N4O3S/c1-11-6-8-12(9-7-11)22-16(24)10-15(18(22)26)27-19-21-14-5-3-2-4-13(14)17(25)23(19)20/h2-9,15H,10,20H2,1H3/t15-/m0/s1. The van der Waals surface area contributed by atoms with Crippen molar-refractivity contribution in [1.82, 2.24) is 9.66 Å². The number of anilines is 1. The molecule has 1 aliphatic heterocycles. The first-order valence-corrected chi connectivity index (χ1v) is 9.20. The Morgan fingerprint density at radius 2 is 1.78 bits per heavy atom. The third-order valence-corrected chi connectivity index (χ3v) is 5.57. The molecule has 4 rings (SSSR count). The summed E-state index contributed by atoms with van der Waals surface area (Å²) in [6, 6.07) is 14.0. The lowest BCUT2D eigenvalue weighted by molar-refractivity contribution is -0.121. The van der Waals surface area contributed by atoms with Crippen molar-refractivity contribution in [1.29, 1.82) is 0 Å². The molecule has 27 heavy (non-hydrogen) atoms. The summed E-state index contributed by atoms with van der Waals surface area (Å²) < 4.78 is 0.930. The van der Waals surface area contributed by atoms with Gasteiger partial charge in [-0.15, -0.1) is 0 Å². The van der Waals surface area contributed by atoms with Crippen LogP contribution in [0.15, 0.2) is 58.5 Å². The van der Waals surface area contributed by atoms with Gasteiger partial charge in [0.1, 0.15) is 5.25 Å². The van der Waals surface area contributed by atoms with E-state index in [9.17, 15) is 14.4 Å². The van der Waals surface area contributed by atoms with Gasteiger partial charge in [-0.25, -0.2) is 14.6 Å². The molecule has 136 valence electrons. The van der Waals surface area contributed by atoms with E-state index in [-0.39, 0.29) is 23.4 Å². The molecule has 3 aromatic rings. The fraction of sp³-hybridized carbons (Fsp3) is 0.158. The number of aryl methyl sites for hydroxylation is 1. The van der Waals surface area contributed by atoms with Crippen molar-refractivity contribution in [2.24, 2.45) is 0 Å². The molecule has 1 saturated heterocycles. The SMILES string of the molecule is Cc1ccc(N2C(=O)C[C@H](Sc3nc4ccccc4c(=O)n3N)C2=O)cc1. The van der Waals surface area contributed by atoms with E-state index in [1.165, 1.54) is 4.90 Å². The van der Waals surface area contributed by atoms with Crippen molar-refractivity contribution >= 4 is 40.2 Å². The Labute approximate surface area is 158 Å². The van der Waals surface area contributed by atoms with E-state index in [1.54, 1.807) is 36.4 Å². The summed E-state index contributed by atoms with van der Waals surface area (Å²) in [6.07, 6.45) is 0.0279. The Kier molecular flexibility index (Phi) is 4.19. The number of carbonyl (C=O) groups excluding carboxylic acids is 2. The smallest absolute Gasteiger partial charge is 0.280 e. The predicted molar refractivity (Wildman–Crippen MR) is 104 cm³/mol. The minimum atomic E-state index is -0.679. The van der Waals surface area contributed by atoms with Crippen LogP contribution >= 0.6 is 11.8 Å².